The molecule has 1 N–H and O–H groups in total. The Bertz CT molecular complexity index is 1300. The molecule has 0 saturated carbocycles. The summed E-state index contributed by atoms with van der Waals surface area (Å²) >= 11 is 0. The molecule has 0 aliphatic carbocycles. The van der Waals surface area contributed by atoms with E-state index in [2.05, 4.69) is 50.0 Å². The minimum atomic E-state index is 0.263. The van der Waals surface area contributed by atoms with Crippen LogP contribution in [-0.2, 0) is 4.74 Å². The number of aromatic amines is 1. The van der Waals surface area contributed by atoms with E-state index >= 15 is 0 Å². The molecule has 176 valence electrons. The second kappa shape index (κ2) is 8.44. The summed E-state index contributed by atoms with van der Waals surface area (Å²) in [7, 11) is 0. The van der Waals surface area contributed by atoms with Gasteiger partial charge in [0, 0.05) is 61.5 Å². The van der Waals surface area contributed by atoms with Crippen LogP contribution in [0.15, 0.2) is 31.0 Å². The van der Waals surface area contributed by atoms with E-state index in [4.69, 9.17) is 14.7 Å². The third-order valence-corrected chi connectivity index (χ3v) is 6.87. The highest BCUT2D eigenvalue weighted by atomic mass is 16.5. The smallest absolute Gasteiger partial charge is 0.225 e. The summed E-state index contributed by atoms with van der Waals surface area (Å²) in [5.41, 5.74) is 6.91. The van der Waals surface area contributed by atoms with Crippen LogP contribution >= 0.6 is 0 Å². The zero-order chi connectivity index (χ0) is 23.2. The predicted octanol–water partition coefficient (Wildman–Crippen LogP) is 2.53. The second-order valence-corrected chi connectivity index (χ2v) is 9.44. The van der Waals surface area contributed by atoms with E-state index in [1.165, 1.54) is 0 Å². The number of hydrogen-bond acceptors (Lipinski definition) is 8. The van der Waals surface area contributed by atoms with Gasteiger partial charge in [-0.2, -0.15) is 10.2 Å². The first kappa shape index (κ1) is 21.2. The molecule has 10 heteroatoms. The summed E-state index contributed by atoms with van der Waals surface area (Å²) in [4.78, 5) is 18.5. The van der Waals surface area contributed by atoms with Crippen LogP contribution in [0.5, 0.6) is 0 Å². The number of aryl methyl sites for hydroxylation is 1. The van der Waals surface area contributed by atoms with Crippen LogP contribution in [0.4, 0.5) is 5.95 Å². The molecule has 2 aliphatic rings. The van der Waals surface area contributed by atoms with Crippen molar-refractivity contribution in [3.8, 4) is 22.5 Å². The topological polar surface area (TPSA) is 100 Å². The minimum absolute atomic E-state index is 0.263. The third kappa shape index (κ3) is 3.63. The molecule has 2 saturated heterocycles. The van der Waals surface area contributed by atoms with Gasteiger partial charge in [0.2, 0.25) is 5.95 Å². The van der Waals surface area contributed by atoms with Crippen molar-refractivity contribution >= 4 is 11.6 Å². The van der Waals surface area contributed by atoms with Gasteiger partial charge in [0.05, 0.1) is 30.6 Å². The molecule has 0 radical (unpaired) electrons. The molecule has 2 fully saturated rings. The van der Waals surface area contributed by atoms with E-state index in [1.54, 1.807) is 6.33 Å². The predicted molar refractivity (Wildman–Crippen MR) is 129 cm³/mol. The lowest BCUT2D eigenvalue weighted by Gasteiger charge is -2.42. The largest absolute Gasteiger partial charge is 0.378 e. The highest BCUT2D eigenvalue weighted by Gasteiger charge is 2.29. The molecule has 6 rings (SSSR count). The number of piperazine rings is 1. The maximum absolute atomic E-state index is 5.34. The van der Waals surface area contributed by atoms with E-state index in [0.29, 0.717) is 6.04 Å². The lowest BCUT2D eigenvalue weighted by atomic mass is 9.95. The van der Waals surface area contributed by atoms with Gasteiger partial charge in [-0.25, -0.2) is 19.5 Å². The molecule has 34 heavy (non-hydrogen) atoms. The molecule has 4 aromatic heterocycles. The number of nitrogens with one attached hydrogen (secondary N) is 1. The zero-order valence-corrected chi connectivity index (χ0v) is 19.8. The number of nitrogens with zero attached hydrogens (tertiary/aromatic N) is 8. The van der Waals surface area contributed by atoms with Gasteiger partial charge in [-0.1, -0.05) is 13.8 Å². The fourth-order valence-corrected chi connectivity index (χ4v) is 4.91. The second-order valence-electron chi connectivity index (χ2n) is 9.44. The first-order valence-corrected chi connectivity index (χ1v) is 11.9. The molecule has 0 spiro atoms. The van der Waals surface area contributed by atoms with Crippen LogP contribution < -0.4 is 4.90 Å². The van der Waals surface area contributed by atoms with E-state index in [0.717, 1.165) is 84.6 Å². The Morgan fingerprint density at radius 1 is 1.03 bits per heavy atom. The van der Waals surface area contributed by atoms with Gasteiger partial charge < -0.3 is 9.64 Å². The summed E-state index contributed by atoms with van der Waals surface area (Å²) in [6.45, 7) is 12.0. The number of anilines is 1. The third-order valence-electron chi connectivity index (χ3n) is 6.87. The molecule has 0 atom stereocenters. The lowest BCUT2D eigenvalue weighted by Crippen LogP contribution is -2.56. The summed E-state index contributed by atoms with van der Waals surface area (Å²) in [5, 5.41) is 12.3. The highest BCUT2D eigenvalue weighted by Crippen LogP contribution is 2.35. The fourth-order valence-electron chi connectivity index (χ4n) is 4.91. The average Bonchev–Trinajstić information content (AvgIpc) is 3.46. The Balaban J connectivity index is 1.26. The standard InChI is InChI=1S/C24H29N9O/c1-15(2)20-21(17-8-16(3)23-27-14-28-33(23)11-17)29-30-22(20)18-9-25-24(26-10-18)32-6-4-31(5-7-32)19-12-34-13-19/h8-11,14-15,19H,4-7,12-13H2,1-3H3,(H,29,30). The number of fused-ring (bicyclic) bond motifs is 1. The number of hydrogen-bond donors (Lipinski definition) is 1. The van der Waals surface area contributed by atoms with E-state index < -0.39 is 0 Å². The molecule has 10 nitrogen and oxygen atoms in total. The van der Waals surface area contributed by atoms with Gasteiger partial charge in [0.25, 0.3) is 0 Å². The molecule has 2 aliphatic heterocycles. The molecule has 0 unspecified atom stereocenters. The van der Waals surface area contributed by atoms with Crippen LogP contribution in [0.1, 0.15) is 30.9 Å². The van der Waals surface area contributed by atoms with Gasteiger partial charge >= 0.3 is 0 Å². The SMILES string of the molecule is Cc1cc(-c2[nH]nc(-c3cnc(N4CCN(C5COC5)CC4)nc3)c2C(C)C)cn2ncnc12. The van der Waals surface area contributed by atoms with Crippen LogP contribution in [0.2, 0.25) is 0 Å². The minimum Gasteiger partial charge on any atom is -0.378 e. The monoisotopic (exact) mass is 459 g/mol. The summed E-state index contributed by atoms with van der Waals surface area (Å²) in [6.07, 6.45) is 7.36. The number of pyridine rings is 1. The molecular weight excluding hydrogens is 430 g/mol. The van der Waals surface area contributed by atoms with Crippen molar-refractivity contribution in [2.24, 2.45) is 0 Å². The summed E-state index contributed by atoms with van der Waals surface area (Å²) in [6, 6.07) is 2.71. The van der Waals surface area contributed by atoms with Gasteiger partial charge in [-0.15, -0.1) is 0 Å². The van der Waals surface area contributed by atoms with Crippen LogP contribution in [0.25, 0.3) is 28.2 Å². The molecular formula is C24H29N9O. The van der Waals surface area contributed by atoms with Gasteiger partial charge in [-0.3, -0.25) is 10.00 Å². The van der Waals surface area contributed by atoms with Crippen molar-refractivity contribution in [3.63, 3.8) is 0 Å². The van der Waals surface area contributed by atoms with Crippen LogP contribution in [0.3, 0.4) is 0 Å². The van der Waals surface area contributed by atoms with Crippen molar-refractivity contribution in [2.45, 2.75) is 32.7 Å². The first-order valence-electron chi connectivity index (χ1n) is 11.9. The molecule has 0 amide bonds. The summed E-state index contributed by atoms with van der Waals surface area (Å²) in [5.74, 6) is 1.04. The maximum Gasteiger partial charge on any atom is 0.225 e. The number of aromatic nitrogens is 7. The first-order chi connectivity index (χ1) is 16.6. The van der Waals surface area contributed by atoms with Crippen LogP contribution in [-0.4, -0.2) is 85.1 Å². The Hall–Kier alpha value is -3.37. The number of H-pyrrole nitrogens is 1. The van der Waals surface area contributed by atoms with Crippen molar-refractivity contribution in [1.82, 2.24) is 39.7 Å². The van der Waals surface area contributed by atoms with Gasteiger partial charge in [-0.05, 0) is 24.5 Å². The molecule has 0 aromatic carbocycles. The van der Waals surface area contributed by atoms with E-state index in [-0.39, 0.29) is 5.92 Å². The lowest BCUT2D eigenvalue weighted by molar-refractivity contribution is -0.0661. The van der Waals surface area contributed by atoms with E-state index in [9.17, 15) is 0 Å². The molecule has 0 bridgehead atoms. The Kier molecular flexibility index (Phi) is 5.26. The summed E-state index contributed by atoms with van der Waals surface area (Å²) < 4.78 is 7.15. The van der Waals surface area contributed by atoms with Gasteiger partial charge in [0.15, 0.2) is 5.65 Å². The van der Waals surface area contributed by atoms with Crippen molar-refractivity contribution in [1.29, 1.82) is 0 Å². The maximum atomic E-state index is 5.34. The van der Waals surface area contributed by atoms with Crippen molar-refractivity contribution in [3.05, 3.63) is 42.1 Å². The Morgan fingerprint density at radius 2 is 1.79 bits per heavy atom. The number of ether oxygens (including phenoxy) is 1. The van der Waals surface area contributed by atoms with E-state index in [1.807, 2.05) is 30.0 Å². The van der Waals surface area contributed by atoms with Gasteiger partial charge in [0.1, 0.15) is 6.33 Å². The molecule has 6 heterocycles. The quantitative estimate of drug-likeness (QED) is 0.486. The fraction of sp³-hybridized carbons (Fsp3) is 0.458. The average molecular weight is 460 g/mol. The highest BCUT2D eigenvalue weighted by molar-refractivity contribution is 5.75. The van der Waals surface area contributed by atoms with Crippen LogP contribution in [0, 0.1) is 6.92 Å². The van der Waals surface area contributed by atoms with Crippen molar-refractivity contribution in [2.75, 3.05) is 44.3 Å². The Morgan fingerprint density at radius 3 is 2.47 bits per heavy atom. The normalized spacial score (nSPS) is 17.6. The zero-order valence-electron chi connectivity index (χ0n) is 19.8. The number of rotatable bonds is 5. The van der Waals surface area contributed by atoms with Crippen molar-refractivity contribution < 1.29 is 4.74 Å². The Labute approximate surface area is 198 Å². The molecule has 4 aromatic rings.